The van der Waals surface area contributed by atoms with Crippen LogP contribution in [0.25, 0.3) is 0 Å². The fourth-order valence-corrected chi connectivity index (χ4v) is 2.27. The number of furan rings is 1. The summed E-state index contributed by atoms with van der Waals surface area (Å²) in [5.41, 5.74) is 2.86. The van der Waals surface area contributed by atoms with E-state index in [4.69, 9.17) is 9.15 Å². The van der Waals surface area contributed by atoms with Crippen LogP contribution in [-0.4, -0.2) is 31.1 Å². The van der Waals surface area contributed by atoms with Gasteiger partial charge in [0.05, 0.1) is 19.4 Å². The SMILES string of the molecule is COCCN(Cc1ccco1)C(=O)c1ccc(C)cc1C. The molecule has 0 N–H and O–H groups in total. The van der Waals surface area contributed by atoms with Crippen LogP contribution in [0.2, 0.25) is 0 Å². The number of nitrogens with zero attached hydrogens (tertiary/aromatic N) is 1. The number of benzene rings is 1. The topological polar surface area (TPSA) is 42.7 Å². The first kappa shape index (κ1) is 15.3. The highest BCUT2D eigenvalue weighted by atomic mass is 16.5. The molecule has 112 valence electrons. The molecule has 1 aromatic heterocycles. The molecule has 2 aromatic rings. The second-order valence-electron chi connectivity index (χ2n) is 5.12. The highest BCUT2D eigenvalue weighted by Crippen LogP contribution is 2.15. The molecule has 1 amide bonds. The normalized spacial score (nSPS) is 10.6. The van der Waals surface area contributed by atoms with Gasteiger partial charge in [-0.05, 0) is 37.6 Å². The zero-order valence-corrected chi connectivity index (χ0v) is 12.8. The minimum atomic E-state index is 0.000880. The molecule has 1 aromatic carbocycles. The summed E-state index contributed by atoms with van der Waals surface area (Å²) in [4.78, 5) is 14.5. The number of aryl methyl sites for hydroxylation is 2. The van der Waals surface area contributed by atoms with Crippen LogP contribution >= 0.6 is 0 Å². The predicted molar refractivity (Wildman–Crippen MR) is 81.2 cm³/mol. The Morgan fingerprint density at radius 2 is 2.10 bits per heavy atom. The van der Waals surface area contributed by atoms with Crippen molar-refractivity contribution in [1.82, 2.24) is 4.90 Å². The average Bonchev–Trinajstić information content (AvgIpc) is 2.95. The summed E-state index contributed by atoms with van der Waals surface area (Å²) in [6.07, 6.45) is 1.62. The van der Waals surface area contributed by atoms with Gasteiger partial charge in [-0.2, -0.15) is 0 Å². The maximum absolute atomic E-state index is 12.7. The summed E-state index contributed by atoms with van der Waals surface area (Å²) >= 11 is 0. The fourth-order valence-electron chi connectivity index (χ4n) is 2.27. The lowest BCUT2D eigenvalue weighted by Crippen LogP contribution is -2.33. The molecule has 4 nitrogen and oxygen atoms in total. The van der Waals surface area contributed by atoms with E-state index in [0.717, 1.165) is 22.5 Å². The van der Waals surface area contributed by atoms with E-state index >= 15 is 0 Å². The van der Waals surface area contributed by atoms with E-state index < -0.39 is 0 Å². The minimum absolute atomic E-state index is 0.000880. The van der Waals surface area contributed by atoms with Crippen molar-refractivity contribution in [3.05, 3.63) is 59.0 Å². The van der Waals surface area contributed by atoms with Gasteiger partial charge in [0, 0.05) is 19.2 Å². The van der Waals surface area contributed by atoms with Crippen molar-refractivity contribution in [3.8, 4) is 0 Å². The van der Waals surface area contributed by atoms with Gasteiger partial charge < -0.3 is 14.1 Å². The van der Waals surface area contributed by atoms with Crippen LogP contribution in [0.4, 0.5) is 0 Å². The van der Waals surface area contributed by atoms with Crippen LogP contribution in [-0.2, 0) is 11.3 Å². The smallest absolute Gasteiger partial charge is 0.254 e. The molecule has 0 bridgehead atoms. The quantitative estimate of drug-likeness (QED) is 0.819. The van der Waals surface area contributed by atoms with Crippen molar-refractivity contribution in [1.29, 1.82) is 0 Å². The van der Waals surface area contributed by atoms with Gasteiger partial charge in [-0.3, -0.25) is 4.79 Å². The third-order valence-electron chi connectivity index (χ3n) is 3.39. The molecule has 0 aliphatic rings. The van der Waals surface area contributed by atoms with Crippen LogP contribution in [0.3, 0.4) is 0 Å². The number of amides is 1. The van der Waals surface area contributed by atoms with E-state index in [-0.39, 0.29) is 5.91 Å². The maximum atomic E-state index is 12.7. The summed E-state index contributed by atoms with van der Waals surface area (Å²) in [5, 5.41) is 0. The Morgan fingerprint density at radius 3 is 2.71 bits per heavy atom. The molecule has 0 fully saturated rings. The van der Waals surface area contributed by atoms with E-state index in [2.05, 4.69) is 0 Å². The van der Waals surface area contributed by atoms with Gasteiger partial charge in [0.25, 0.3) is 5.91 Å². The van der Waals surface area contributed by atoms with E-state index in [0.29, 0.717) is 19.7 Å². The largest absolute Gasteiger partial charge is 0.467 e. The molecule has 0 saturated heterocycles. The molecule has 21 heavy (non-hydrogen) atoms. The summed E-state index contributed by atoms with van der Waals surface area (Å²) < 4.78 is 10.4. The Bertz CT molecular complexity index is 590. The number of carbonyl (C=O) groups excluding carboxylic acids is 1. The van der Waals surface area contributed by atoms with Crippen molar-refractivity contribution in [2.45, 2.75) is 20.4 Å². The number of carbonyl (C=O) groups is 1. The van der Waals surface area contributed by atoms with Gasteiger partial charge in [-0.15, -0.1) is 0 Å². The van der Waals surface area contributed by atoms with Gasteiger partial charge in [0.1, 0.15) is 5.76 Å². The molecular weight excluding hydrogens is 266 g/mol. The molecule has 0 spiro atoms. The standard InChI is InChI=1S/C17H21NO3/c1-13-6-7-16(14(2)11-13)17(19)18(8-10-20-3)12-15-5-4-9-21-15/h4-7,9,11H,8,10,12H2,1-3H3. The average molecular weight is 287 g/mol. The highest BCUT2D eigenvalue weighted by molar-refractivity contribution is 5.95. The summed E-state index contributed by atoms with van der Waals surface area (Å²) in [6.45, 7) is 5.46. The van der Waals surface area contributed by atoms with E-state index in [1.54, 1.807) is 18.3 Å². The van der Waals surface area contributed by atoms with Gasteiger partial charge in [0.2, 0.25) is 0 Å². The Kier molecular flexibility index (Phi) is 5.17. The molecule has 1 heterocycles. The van der Waals surface area contributed by atoms with Gasteiger partial charge >= 0.3 is 0 Å². The number of hydrogen-bond acceptors (Lipinski definition) is 3. The summed E-state index contributed by atoms with van der Waals surface area (Å²) in [5.74, 6) is 0.769. The Morgan fingerprint density at radius 1 is 1.29 bits per heavy atom. The third-order valence-corrected chi connectivity index (χ3v) is 3.39. The number of rotatable bonds is 6. The lowest BCUT2D eigenvalue weighted by atomic mass is 10.0. The number of hydrogen-bond donors (Lipinski definition) is 0. The summed E-state index contributed by atoms with van der Waals surface area (Å²) in [6, 6.07) is 9.56. The Labute approximate surface area is 125 Å². The van der Waals surface area contributed by atoms with Crippen LogP contribution < -0.4 is 0 Å². The van der Waals surface area contributed by atoms with Crippen molar-refractivity contribution in [3.63, 3.8) is 0 Å². The first-order chi connectivity index (χ1) is 10.1. The molecule has 0 atom stereocenters. The van der Waals surface area contributed by atoms with Crippen LogP contribution in [0.15, 0.2) is 41.0 Å². The lowest BCUT2D eigenvalue weighted by molar-refractivity contribution is 0.0666. The van der Waals surface area contributed by atoms with Gasteiger partial charge in [-0.25, -0.2) is 0 Å². The number of methoxy groups -OCH3 is 1. The fraction of sp³-hybridized carbons (Fsp3) is 0.353. The van der Waals surface area contributed by atoms with Crippen molar-refractivity contribution < 1.29 is 13.9 Å². The molecule has 0 saturated carbocycles. The molecule has 4 heteroatoms. The zero-order valence-electron chi connectivity index (χ0n) is 12.8. The van der Waals surface area contributed by atoms with E-state index in [1.807, 2.05) is 44.2 Å². The van der Waals surface area contributed by atoms with Crippen molar-refractivity contribution >= 4 is 5.91 Å². The second-order valence-corrected chi connectivity index (χ2v) is 5.12. The molecule has 2 rings (SSSR count). The van der Waals surface area contributed by atoms with E-state index in [1.165, 1.54) is 0 Å². The number of ether oxygens (including phenoxy) is 1. The second kappa shape index (κ2) is 7.09. The molecule has 0 aliphatic carbocycles. The van der Waals surface area contributed by atoms with Crippen LogP contribution in [0.5, 0.6) is 0 Å². The predicted octanol–water partition coefficient (Wildman–Crippen LogP) is 3.19. The minimum Gasteiger partial charge on any atom is -0.467 e. The Balaban J connectivity index is 2.20. The summed E-state index contributed by atoms with van der Waals surface area (Å²) in [7, 11) is 1.63. The van der Waals surface area contributed by atoms with Gasteiger partial charge in [-0.1, -0.05) is 17.7 Å². The van der Waals surface area contributed by atoms with Crippen molar-refractivity contribution in [2.75, 3.05) is 20.3 Å². The molecule has 0 unspecified atom stereocenters. The third kappa shape index (κ3) is 3.95. The molecule has 0 radical (unpaired) electrons. The van der Waals surface area contributed by atoms with E-state index in [9.17, 15) is 4.79 Å². The Hall–Kier alpha value is -2.07. The zero-order chi connectivity index (χ0) is 15.2. The lowest BCUT2D eigenvalue weighted by Gasteiger charge is -2.22. The first-order valence-electron chi connectivity index (χ1n) is 6.99. The maximum Gasteiger partial charge on any atom is 0.254 e. The van der Waals surface area contributed by atoms with Crippen molar-refractivity contribution in [2.24, 2.45) is 0 Å². The van der Waals surface area contributed by atoms with Crippen LogP contribution in [0.1, 0.15) is 27.2 Å². The highest BCUT2D eigenvalue weighted by Gasteiger charge is 2.18. The molecular formula is C17H21NO3. The molecule has 0 aliphatic heterocycles. The van der Waals surface area contributed by atoms with Crippen LogP contribution in [0, 0.1) is 13.8 Å². The monoisotopic (exact) mass is 287 g/mol. The first-order valence-corrected chi connectivity index (χ1v) is 6.99. The van der Waals surface area contributed by atoms with Gasteiger partial charge in [0.15, 0.2) is 0 Å².